The van der Waals surface area contributed by atoms with Gasteiger partial charge in [0.25, 0.3) is 11.8 Å². The second-order valence-corrected chi connectivity index (χ2v) is 6.97. The van der Waals surface area contributed by atoms with Crippen LogP contribution in [0.15, 0.2) is 18.2 Å². The fourth-order valence-electron chi connectivity index (χ4n) is 1.83. The predicted molar refractivity (Wildman–Crippen MR) is 96.8 cm³/mol. The maximum absolute atomic E-state index is 12.1. The van der Waals surface area contributed by atoms with Crippen molar-refractivity contribution in [3.63, 3.8) is 0 Å². The van der Waals surface area contributed by atoms with Crippen LogP contribution in [-0.4, -0.2) is 37.5 Å². The van der Waals surface area contributed by atoms with Crippen LogP contribution in [0.25, 0.3) is 0 Å². The summed E-state index contributed by atoms with van der Waals surface area (Å²) in [5, 5.41) is 2.49. The molecule has 0 unspecified atom stereocenters. The van der Waals surface area contributed by atoms with Crippen LogP contribution in [0.4, 0.5) is 0 Å². The van der Waals surface area contributed by atoms with Gasteiger partial charge in [0.1, 0.15) is 0 Å². The molecule has 0 heterocycles. The molecule has 0 fully saturated rings. The minimum atomic E-state index is -0.597. The fraction of sp³-hybridized carbons (Fsp3) is 0.500. The second kappa shape index (κ2) is 9.07. The minimum absolute atomic E-state index is 0.0360. The van der Waals surface area contributed by atoms with Crippen LogP contribution in [0.2, 0.25) is 0 Å². The van der Waals surface area contributed by atoms with Gasteiger partial charge in [-0.15, -0.1) is 0 Å². The molecule has 26 heavy (non-hydrogen) atoms. The van der Waals surface area contributed by atoms with E-state index < -0.39 is 17.2 Å². The number of rotatable bonds is 6. The quantitative estimate of drug-likeness (QED) is 0.661. The number of hydrazine groups is 1. The topological polar surface area (TPSA) is 106 Å². The first-order chi connectivity index (χ1) is 12.0. The van der Waals surface area contributed by atoms with Gasteiger partial charge in [0.2, 0.25) is 5.91 Å². The number of amides is 3. The van der Waals surface area contributed by atoms with Crippen molar-refractivity contribution in [2.45, 2.75) is 40.7 Å². The van der Waals surface area contributed by atoms with Gasteiger partial charge in [0.05, 0.1) is 19.8 Å². The van der Waals surface area contributed by atoms with Crippen molar-refractivity contribution >= 4 is 17.7 Å². The fourth-order valence-corrected chi connectivity index (χ4v) is 1.83. The highest BCUT2D eigenvalue weighted by Gasteiger charge is 2.21. The van der Waals surface area contributed by atoms with Gasteiger partial charge in [-0.1, -0.05) is 20.8 Å². The lowest BCUT2D eigenvalue weighted by atomic mass is 9.96. The van der Waals surface area contributed by atoms with Gasteiger partial charge in [-0.05, 0) is 32.0 Å². The molecule has 0 spiro atoms. The van der Waals surface area contributed by atoms with Crippen molar-refractivity contribution in [3.8, 4) is 11.5 Å². The lowest BCUT2D eigenvalue weighted by Crippen LogP contribution is -2.47. The molecule has 8 nitrogen and oxygen atoms in total. The standard InChI is InChI=1S/C18H27N3O5/c1-11(2)26-13-8-7-12(9-14(13)25-6)16(23)21-20-15(22)10-19-17(24)18(3,4)5/h7-9,11H,10H2,1-6H3,(H,19,24)(H,20,22)(H,21,23). The molecule has 3 amide bonds. The average Bonchev–Trinajstić information content (AvgIpc) is 2.56. The summed E-state index contributed by atoms with van der Waals surface area (Å²) in [6.07, 6.45) is -0.0360. The smallest absolute Gasteiger partial charge is 0.269 e. The molecule has 0 aliphatic carbocycles. The van der Waals surface area contributed by atoms with E-state index in [9.17, 15) is 14.4 Å². The Bertz CT molecular complexity index is 665. The first-order valence-corrected chi connectivity index (χ1v) is 8.26. The molecule has 0 aromatic heterocycles. The molecule has 1 aromatic rings. The van der Waals surface area contributed by atoms with Crippen molar-refractivity contribution in [1.82, 2.24) is 16.2 Å². The first-order valence-electron chi connectivity index (χ1n) is 8.26. The van der Waals surface area contributed by atoms with Gasteiger partial charge in [0, 0.05) is 11.0 Å². The van der Waals surface area contributed by atoms with E-state index in [1.165, 1.54) is 13.2 Å². The molecule has 0 bridgehead atoms. The third-order valence-corrected chi connectivity index (χ3v) is 3.19. The highest BCUT2D eigenvalue weighted by molar-refractivity contribution is 5.96. The largest absolute Gasteiger partial charge is 0.493 e. The summed E-state index contributed by atoms with van der Waals surface area (Å²) in [7, 11) is 1.48. The number of benzene rings is 1. The summed E-state index contributed by atoms with van der Waals surface area (Å²) in [6.45, 7) is 8.75. The third-order valence-electron chi connectivity index (χ3n) is 3.19. The maximum atomic E-state index is 12.1. The Morgan fingerprint density at radius 2 is 1.73 bits per heavy atom. The number of carbonyl (C=O) groups is 3. The molecule has 1 rings (SSSR count). The van der Waals surface area contributed by atoms with E-state index >= 15 is 0 Å². The van der Waals surface area contributed by atoms with Gasteiger partial charge in [-0.2, -0.15) is 0 Å². The summed E-state index contributed by atoms with van der Waals surface area (Å²) >= 11 is 0. The van der Waals surface area contributed by atoms with Crippen LogP contribution in [0.5, 0.6) is 11.5 Å². The van der Waals surface area contributed by atoms with Crippen molar-refractivity contribution in [2.24, 2.45) is 5.41 Å². The molecule has 0 saturated carbocycles. The summed E-state index contributed by atoms with van der Waals surface area (Å²) < 4.78 is 10.8. The Morgan fingerprint density at radius 1 is 1.08 bits per heavy atom. The van der Waals surface area contributed by atoms with Gasteiger partial charge < -0.3 is 14.8 Å². The van der Waals surface area contributed by atoms with Crippen LogP contribution in [0, 0.1) is 5.41 Å². The molecule has 0 atom stereocenters. The highest BCUT2D eigenvalue weighted by atomic mass is 16.5. The lowest BCUT2D eigenvalue weighted by molar-refractivity contribution is -0.131. The van der Waals surface area contributed by atoms with Crippen LogP contribution in [0.1, 0.15) is 45.0 Å². The molecule has 1 aromatic carbocycles. The number of methoxy groups -OCH3 is 1. The molecule has 0 saturated heterocycles. The van der Waals surface area contributed by atoms with Gasteiger partial charge in [-0.3, -0.25) is 25.2 Å². The molecular formula is C18H27N3O5. The normalized spacial score (nSPS) is 10.9. The summed E-state index contributed by atoms with van der Waals surface area (Å²) in [5.74, 6) is -0.384. The minimum Gasteiger partial charge on any atom is -0.493 e. The number of hydrogen-bond acceptors (Lipinski definition) is 5. The zero-order valence-electron chi connectivity index (χ0n) is 16.1. The Morgan fingerprint density at radius 3 is 2.27 bits per heavy atom. The zero-order valence-corrected chi connectivity index (χ0v) is 16.1. The van der Waals surface area contributed by atoms with E-state index in [1.807, 2.05) is 13.8 Å². The van der Waals surface area contributed by atoms with E-state index in [4.69, 9.17) is 9.47 Å². The van der Waals surface area contributed by atoms with Crippen LogP contribution in [0.3, 0.4) is 0 Å². The Hall–Kier alpha value is -2.77. The van der Waals surface area contributed by atoms with Crippen molar-refractivity contribution in [2.75, 3.05) is 13.7 Å². The molecule has 0 aliphatic heterocycles. The first kappa shape index (κ1) is 21.3. The highest BCUT2D eigenvalue weighted by Crippen LogP contribution is 2.28. The van der Waals surface area contributed by atoms with Gasteiger partial charge in [0.15, 0.2) is 11.5 Å². The predicted octanol–water partition coefficient (Wildman–Crippen LogP) is 1.41. The van der Waals surface area contributed by atoms with Gasteiger partial charge >= 0.3 is 0 Å². The number of hydrogen-bond donors (Lipinski definition) is 3. The monoisotopic (exact) mass is 365 g/mol. The van der Waals surface area contributed by atoms with E-state index in [0.29, 0.717) is 11.5 Å². The van der Waals surface area contributed by atoms with Crippen molar-refractivity contribution < 1.29 is 23.9 Å². The van der Waals surface area contributed by atoms with E-state index in [1.54, 1.807) is 32.9 Å². The van der Waals surface area contributed by atoms with Gasteiger partial charge in [-0.25, -0.2) is 0 Å². The summed E-state index contributed by atoms with van der Waals surface area (Å²) in [6, 6.07) is 4.70. The molecular weight excluding hydrogens is 338 g/mol. The summed E-state index contributed by atoms with van der Waals surface area (Å²) in [5.41, 5.74) is 4.22. The number of ether oxygens (including phenoxy) is 2. The molecule has 144 valence electrons. The lowest BCUT2D eigenvalue weighted by Gasteiger charge is -2.17. The molecule has 0 aliphatic rings. The zero-order chi connectivity index (χ0) is 19.9. The Kier molecular flexibility index (Phi) is 7.42. The maximum Gasteiger partial charge on any atom is 0.269 e. The average molecular weight is 365 g/mol. The number of carbonyl (C=O) groups excluding carboxylic acids is 3. The Labute approximate surface area is 153 Å². The second-order valence-electron chi connectivity index (χ2n) is 6.97. The molecule has 3 N–H and O–H groups in total. The number of nitrogens with one attached hydrogen (secondary N) is 3. The van der Waals surface area contributed by atoms with Crippen LogP contribution >= 0.6 is 0 Å². The Balaban J connectivity index is 2.60. The summed E-state index contributed by atoms with van der Waals surface area (Å²) in [4.78, 5) is 35.6. The van der Waals surface area contributed by atoms with Crippen LogP contribution in [-0.2, 0) is 9.59 Å². The van der Waals surface area contributed by atoms with E-state index in [2.05, 4.69) is 16.2 Å². The molecule has 8 heteroatoms. The van der Waals surface area contributed by atoms with E-state index in [0.717, 1.165) is 0 Å². The van der Waals surface area contributed by atoms with E-state index in [-0.39, 0.29) is 24.1 Å². The van der Waals surface area contributed by atoms with Crippen molar-refractivity contribution in [1.29, 1.82) is 0 Å². The van der Waals surface area contributed by atoms with Crippen molar-refractivity contribution in [3.05, 3.63) is 23.8 Å². The molecule has 0 radical (unpaired) electrons. The van der Waals surface area contributed by atoms with Crippen LogP contribution < -0.4 is 25.6 Å². The SMILES string of the molecule is COc1cc(C(=O)NNC(=O)CNC(=O)C(C)(C)C)ccc1OC(C)C. The third kappa shape index (κ3) is 6.62.